The molecule has 0 radical (unpaired) electrons. The second-order valence-corrected chi connectivity index (χ2v) is 4.16. The summed E-state index contributed by atoms with van der Waals surface area (Å²) in [7, 11) is 0. The summed E-state index contributed by atoms with van der Waals surface area (Å²) in [5, 5.41) is 0. The van der Waals surface area contributed by atoms with E-state index in [0.717, 1.165) is 5.56 Å². The molecule has 20 heavy (non-hydrogen) atoms. The van der Waals surface area contributed by atoms with Gasteiger partial charge in [-0.2, -0.15) is 0 Å². The van der Waals surface area contributed by atoms with Crippen molar-refractivity contribution < 1.29 is 4.39 Å². The van der Waals surface area contributed by atoms with E-state index in [4.69, 9.17) is 0 Å². The van der Waals surface area contributed by atoms with Gasteiger partial charge in [0.25, 0.3) is 0 Å². The zero-order chi connectivity index (χ0) is 15.8. The molecule has 0 amide bonds. The molecule has 0 aromatic heterocycles. The maximum absolute atomic E-state index is 12.1. The Kier molecular flexibility index (Phi) is 16.0. The lowest BCUT2D eigenvalue weighted by atomic mass is 10.2. The van der Waals surface area contributed by atoms with Gasteiger partial charge in [-0.1, -0.05) is 87.7 Å². The van der Waals surface area contributed by atoms with Crippen LogP contribution in [0.15, 0.2) is 54.6 Å². The maximum atomic E-state index is 12.1. The smallest absolute Gasteiger partial charge is 0.123 e. The fraction of sp³-hybridized carbons (Fsp3) is 0.368. The zero-order valence-corrected chi connectivity index (χ0v) is 13.8. The highest BCUT2D eigenvalue weighted by molar-refractivity contribution is 5.13. The van der Waals surface area contributed by atoms with Crippen molar-refractivity contribution in [3.63, 3.8) is 0 Å². The van der Waals surface area contributed by atoms with Gasteiger partial charge >= 0.3 is 0 Å². The largest absolute Gasteiger partial charge is 0.207 e. The molecule has 0 atom stereocenters. The number of hydrogen-bond acceptors (Lipinski definition) is 0. The molecule has 0 aliphatic rings. The first-order valence-corrected chi connectivity index (χ1v) is 7.34. The van der Waals surface area contributed by atoms with Crippen molar-refractivity contribution in [1.29, 1.82) is 0 Å². The Morgan fingerprint density at radius 1 is 0.700 bits per heavy atom. The lowest BCUT2D eigenvalue weighted by Crippen LogP contribution is -1.71. The second-order valence-electron chi connectivity index (χ2n) is 4.16. The van der Waals surface area contributed by atoms with Crippen molar-refractivity contribution in [2.75, 3.05) is 0 Å². The van der Waals surface area contributed by atoms with E-state index in [1.165, 1.54) is 24.1 Å². The number of rotatable bonds is 0. The topological polar surface area (TPSA) is 0 Å². The highest BCUT2D eigenvalue weighted by Gasteiger charge is 1.83. The summed E-state index contributed by atoms with van der Waals surface area (Å²) in [5.41, 5.74) is 2.41. The van der Waals surface area contributed by atoms with E-state index in [2.05, 4.69) is 32.9 Å². The van der Waals surface area contributed by atoms with Crippen molar-refractivity contribution in [3.05, 3.63) is 71.5 Å². The molecule has 0 aliphatic heterocycles. The number of benzene rings is 2. The first-order chi connectivity index (χ1) is 9.60. The van der Waals surface area contributed by atoms with Crippen LogP contribution in [0.1, 0.15) is 45.2 Å². The van der Waals surface area contributed by atoms with Gasteiger partial charge in [0.15, 0.2) is 0 Å². The van der Waals surface area contributed by atoms with Crippen molar-refractivity contribution in [2.24, 2.45) is 0 Å². The molecule has 112 valence electrons. The first kappa shape index (κ1) is 20.7. The fourth-order valence-electron chi connectivity index (χ4n) is 1.07. The van der Waals surface area contributed by atoms with Gasteiger partial charge in [-0.15, -0.1) is 0 Å². The highest BCUT2D eigenvalue weighted by Crippen LogP contribution is 1.98. The second kappa shape index (κ2) is 15.4. The third-order valence-electron chi connectivity index (χ3n) is 1.95. The van der Waals surface area contributed by atoms with Crippen LogP contribution in [0.3, 0.4) is 0 Å². The molecule has 0 saturated carbocycles. The Morgan fingerprint density at radius 3 is 1.30 bits per heavy atom. The fourth-order valence-corrected chi connectivity index (χ4v) is 1.07. The Bertz CT molecular complexity index is 369. The van der Waals surface area contributed by atoms with Crippen LogP contribution in [0.25, 0.3) is 0 Å². The molecule has 0 spiro atoms. The van der Waals surface area contributed by atoms with E-state index in [9.17, 15) is 4.39 Å². The van der Waals surface area contributed by atoms with E-state index in [1.807, 2.05) is 39.0 Å². The summed E-state index contributed by atoms with van der Waals surface area (Å²) >= 11 is 0. The molecule has 0 fully saturated rings. The molecule has 0 unspecified atom stereocenters. The summed E-state index contributed by atoms with van der Waals surface area (Å²) in [5.74, 6) is -0.171. The molecular weight excluding hydrogens is 247 g/mol. The molecule has 1 heteroatoms. The minimum atomic E-state index is -0.171. The van der Waals surface area contributed by atoms with Crippen molar-refractivity contribution in [3.8, 4) is 0 Å². The lowest BCUT2D eigenvalue weighted by Gasteiger charge is -1.87. The summed E-state index contributed by atoms with van der Waals surface area (Å²) in [6, 6.07) is 16.7. The average Bonchev–Trinajstić information content (AvgIpc) is 2.47. The van der Waals surface area contributed by atoms with E-state index in [1.54, 1.807) is 12.1 Å². The summed E-state index contributed by atoms with van der Waals surface area (Å²) in [6.45, 7) is 12.3. The van der Waals surface area contributed by atoms with Crippen LogP contribution in [0, 0.1) is 19.7 Å². The van der Waals surface area contributed by atoms with Gasteiger partial charge in [-0.3, -0.25) is 0 Å². The van der Waals surface area contributed by atoms with Crippen LogP contribution in [0.5, 0.6) is 0 Å². The van der Waals surface area contributed by atoms with Crippen LogP contribution in [-0.4, -0.2) is 0 Å². The van der Waals surface area contributed by atoms with Gasteiger partial charge in [0.1, 0.15) is 5.82 Å². The molecule has 0 heterocycles. The monoisotopic (exact) mass is 276 g/mol. The van der Waals surface area contributed by atoms with Crippen LogP contribution in [0.4, 0.5) is 4.39 Å². The van der Waals surface area contributed by atoms with Crippen molar-refractivity contribution in [1.82, 2.24) is 0 Å². The van der Waals surface area contributed by atoms with Crippen molar-refractivity contribution in [2.45, 2.75) is 48.0 Å². The van der Waals surface area contributed by atoms with Gasteiger partial charge in [0.05, 0.1) is 0 Å². The Hall–Kier alpha value is -1.63. The number of halogens is 1. The minimum Gasteiger partial charge on any atom is -0.207 e. The number of hydrogen-bond donors (Lipinski definition) is 0. The van der Waals surface area contributed by atoms with Crippen LogP contribution in [-0.2, 0) is 0 Å². The predicted molar refractivity (Wildman–Crippen MR) is 89.6 cm³/mol. The molecule has 0 saturated heterocycles. The Morgan fingerprint density at radius 2 is 1.05 bits per heavy atom. The first-order valence-electron chi connectivity index (χ1n) is 7.34. The van der Waals surface area contributed by atoms with Gasteiger partial charge in [-0.05, 0) is 26.0 Å². The third-order valence-corrected chi connectivity index (χ3v) is 1.95. The standard InChI is InChI=1S/C7H7F.C7H8.C3H8.C2H6/c1-6-2-4-7(8)5-3-6;1-7-5-3-2-4-6-7;1-3-2;1-2/h2-5H,1H3;2-6H,1H3;3H2,1-2H3;1-2H3. The highest BCUT2D eigenvalue weighted by atomic mass is 19.1. The summed E-state index contributed by atoms with van der Waals surface area (Å²) < 4.78 is 12.1. The summed E-state index contributed by atoms with van der Waals surface area (Å²) in [6.07, 6.45) is 1.25. The zero-order valence-electron chi connectivity index (χ0n) is 13.8. The minimum absolute atomic E-state index is 0.171. The molecule has 0 aliphatic carbocycles. The SMILES string of the molecule is CC.CCC.Cc1ccc(F)cc1.Cc1ccccc1. The van der Waals surface area contributed by atoms with E-state index in [0.29, 0.717) is 0 Å². The molecule has 0 bridgehead atoms. The molecular formula is C19H29F. The van der Waals surface area contributed by atoms with Gasteiger partial charge in [0.2, 0.25) is 0 Å². The van der Waals surface area contributed by atoms with Gasteiger partial charge in [-0.25, -0.2) is 4.39 Å². The maximum Gasteiger partial charge on any atom is 0.123 e. The van der Waals surface area contributed by atoms with Crippen LogP contribution >= 0.6 is 0 Å². The number of aryl methyl sites for hydroxylation is 2. The Balaban J connectivity index is 0. The molecule has 0 N–H and O–H groups in total. The van der Waals surface area contributed by atoms with E-state index < -0.39 is 0 Å². The molecule has 2 aromatic carbocycles. The lowest BCUT2D eigenvalue weighted by molar-refractivity contribution is 0.627. The van der Waals surface area contributed by atoms with Crippen LogP contribution < -0.4 is 0 Å². The van der Waals surface area contributed by atoms with Gasteiger partial charge < -0.3 is 0 Å². The Labute approximate surface area is 124 Å². The quantitative estimate of drug-likeness (QED) is 0.510. The van der Waals surface area contributed by atoms with Gasteiger partial charge in [0, 0.05) is 0 Å². The normalized spacial score (nSPS) is 7.95. The molecule has 0 nitrogen and oxygen atoms in total. The predicted octanol–water partition coefficient (Wildman–Crippen LogP) is 6.57. The van der Waals surface area contributed by atoms with E-state index >= 15 is 0 Å². The van der Waals surface area contributed by atoms with Crippen molar-refractivity contribution >= 4 is 0 Å². The third kappa shape index (κ3) is 14.4. The summed E-state index contributed by atoms with van der Waals surface area (Å²) in [4.78, 5) is 0. The van der Waals surface area contributed by atoms with Crippen LogP contribution in [0.2, 0.25) is 0 Å². The average molecular weight is 276 g/mol. The molecule has 2 rings (SSSR count). The molecule has 2 aromatic rings. The van der Waals surface area contributed by atoms with E-state index in [-0.39, 0.29) is 5.82 Å².